The molecule has 0 fully saturated rings. The number of ether oxygens (including phenoxy) is 1. The third kappa shape index (κ3) is 1.69. The van der Waals surface area contributed by atoms with Crippen molar-refractivity contribution in [3.05, 3.63) is 18.1 Å². The third-order valence-corrected chi connectivity index (χ3v) is 1.42. The van der Waals surface area contributed by atoms with Gasteiger partial charge < -0.3 is 4.74 Å². The zero-order valence-electron chi connectivity index (χ0n) is 7.34. The van der Waals surface area contributed by atoms with Gasteiger partial charge in [0.2, 0.25) is 5.88 Å². The molecule has 0 aliphatic rings. The number of aromatic nitrogens is 2. The zero-order chi connectivity index (χ0) is 9.19. The molecule has 0 saturated carbocycles. The van der Waals surface area contributed by atoms with Crippen molar-refractivity contribution in [1.82, 2.24) is 9.97 Å². The minimum Gasteiger partial charge on any atom is -0.480 e. The average Bonchev–Trinajstić information content (AvgIpc) is 2.03. The molecule has 0 saturated heterocycles. The van der Waals surface area contributed by atoms with Crippen LogP contribution >= 0.6 is 0 Å². The van der Waals surface area contributed by atoms with E-state index in [0.29, 0.717) is 0 Å². The number of hydrogen-bond acceptors (Lipinski definition) is 3. The number of methoxy groups -OCH3 is 1. The van der Waals surface area contributed by atoms with Crippen LogP contribution in [0.25, 0.3) is 0 Å². The molecule has 0 aromatic carbocycles. The van der Waals surface area contributed by atoms with Crippen molar-refractivity contribution in [2.75, 3.05) is 7.11 Å². The monoisotopic (exact) mass is 170 g/mol. The largest absolute Gasteiger partial charge is 0.480 e. The average molecular weight is 170 g/mol. The molecule has 0 aliphatic carbocycles. The molecule has 66 valence electrons. The van der Waals surface area contributed by atoms with Gasteiger partial charge in [-0.3, -0.25) is 4.98 Å². The van der Waals surface area contributed by atoms with Crippen LogP contribution in [0, 0.1) is 0 Å². The number of hydrogen-bond donors (Lipinski definition) is 0. The van der Waals surface area contributed by atoms with Gasteiger partial charge in [0, 0.05) is 12.4 Å². The molecule has 1 aromatic rings. The van der Waals surface area contributed by atoms with Crippen molar-refractivity contribution in [3.8, 4) is 5.88 Å². The first-order valence-corrected chi connectivity index (χ1v) is 3.60. The first-order valence-electron chi connectivity index (χ1n) is 3.60. The molecule has 0 bridgehead atoms. The van der Waals surface area contributed by atoms with E-state index in [1.54, 1.807) is 0 Å². The molecule has 0 N–H and O–H groups in total. The lowest BCUT2D eigenvalue weighted by molar-refractivity contribution is 0.203. The summed E-state index contributed by atoms with van der Waals surface area (Å²) in [6.07, 6.45) is 2.91. The normalized spacial score (nSPS) is 11.3. The maximum absolute atomic E-state index is 13.4. The van der Waals surface area contributed by atoms with E-state index in [9.17, 15) is 4.39 Å². The molecule has 0 atom stereocenters. The Hall–Kier alpha value is -1.19. The van der Waals surface area contributed by atoms with Crippen LogP contribution in [-0.2, 0) is 5.67 Å². The third-order valence-electron chi connectivity index (χ3n) is 1.42. The van der Waals surface area contributed by atoms with Gasteiger partial charge in [-0.15, -0.1) is 0 Å². The van der Waals surface area contributed by atoms with Crippen LogP contribution in [0.5, 0.6) is 5.88 Å². The summed E-state index contributed by atoms with van der Waals surface area (Å²) in [6, 6.07) is 0. The molecule has 1 heterocycles. The van der Waals surface area contributed by atoms with Gasteiger partial charge in [0.1, 0.15) is 5.69 Å². The minimum atomic E-state index is -1.51. The molecular weight excluding hydrogens is 159 g/mol. The number of alkyl halides is 1. The SMILES string of the molecule is COc1nccnc1C(C)(C)F. The van der Waals surface area contributed by atoms with Crippen molar-refractivity contribution in [3.63, 3.8) is 0 Å². The van der Waals surface area contributed by atoms with Crippen LogP contribution < -0.4 is 4.74 Å². The lowest BCUT2D eigenvalue weighted by Crippen LogP contribution is -2.13. The van der Waals surface area contributed by atoms with Crippen LogP contribution in [0.4, 0.5) is 4.39 Å². The predicted octanol–water partition coefficient (Wildman–Crippen LogP) is 1.69. The van der Waals surface area contributed by atoms with Crippen molar-refractivity contribution in [1.29, 1.82) is 0 Å². The molecule has 0 unspecified atom stereocenters. The molecule has 0 amide bonds. The van der Waals surface area contributed by atoms with E-state index in [1.807, 2.05) is 0 Å². The highest BCUT2D eigenvalue weighted by Crippen LogP contribution is 2.28. The van der Waals surface area contributed by atoms with Crippen molar-refractivity contribution >= 4 is 0 Å². The first-order chi connectivity index (χ1) is 5.55. The standard InChI is InChI=1S/C8H11FN2O/c1-8(2,9)6-7(12-3)11-5-4-10-6/h4-5H,1-3H3. The lowest BCUT2D eigenvalue weighted by atomic mass is 10.1. The summed E-state index contributed by atoms with van der Waals surface area (Å²) >= 11 is 0. The van der Waals surface area contributed by atoms with Gasteiger partial charge in [-0.25, -0.2) is 9.37 Å². The topological polar surface area (TPSA) is 35.0 Å². The molecule has 0 aliphatic heterocycles. The summed E-state index contributed by atoms with van der Waals surface area (Å²) in [4.78, 5) is 7.70. The van der Waals surface area contributed by atoms with Crippen LogP contribution in [0.15, 0.2) is 12.4 Å². The van der Waals surface area contributed by atoms with Crippen molar-refractivity contribution < 1.29 is 9.13 Å². The van der Waals surface area contributed by atoms with Gasteiger partial charge in [-0.2, -0.15) is 0 Å². The molecule has 1 rings (SSSR count). The van der Waals surface area contributed by atoms with Gasteiger partial charge in [-0.05, 0) is 13.8 Å². The fourth-order valence-electron chi connectivity index (χ4n) is 0.882. The maximum atomic E-state index is 13.4. The summed E-state index contributed by atoms with van der Waals surface area (Å²) < 4.78 is 18.2. The fourth-order valence-corrected chi connectivity index (χ4v) is 0.882. The molecule has 1 aromatic heterocycles. The van der Waals surface area contributed by atoms with Crippen molar-refractivity contribution in [2.45, 2.75) is 19.5 Å². The second-order valence-corrected chi connectivity index (χ2v) is 2.89. The molecule has 0 radical (unpaired) electrons. The Morgan fingerprint density at radius 1 is 1.33 bits per heavy atom. The van der Waals surface area contributed by atoms with E-state index in [-0.39, 0.29) is 11.6 Å². The molecule has 0 spiro atoms. The minimum absolute atomic E-state index is 0.229. The second kappa shape index (κ2) is 3.05. The Morgan fingerprint density at radius 2 is 1.92 bits per heavy atom. The highest BCUT2D eigenvalue weighted by atomic mass is 19.1. The Bertz CT molecular complexity index is 270. The Morgan fingerprint density at radius 3 is 2.33 bits per heavy atom. The van der Waals surface area contributed by atoms with Crippen LogP contribution in [-0.4, -0.2) is 17.1 Å². The van der Waals surface area contributed by atoms with Gasteiger partial charge in [0.15, 0.2) is 5.67 Å². The van der Waals surface area contributed by atoms with Crippen LogP contribution in [0.1, 0.15) is 19.5 Å². The molecule has 4 heteroatoms. The summed E-state index contributed by atoms with van der Waals surface area (Å²) in [5, 5.41) is 0. The fraction of sp³-hybridized carbons (Fsp3) is 0.500. The van der Waals surface area contributed by atoms with E-state index in [0.717, 1.165) is 0 Å². The molecular formula is C8H11FN2O. The highest BCUT2D eigenvalue weighted by molar-refractivity contribution is 5.22. The van der Waals surface area contributed by atoms with E-state index < -0.39 is 5.67 Å². The maximum Gasteiger partial charge on any atom is 0.238 e. The predicted molar refractivity (Wildman–Crippen MR) is 42.7 cm³/mol. The Labute approximate surface area is 70.6 Å². The Balaban J connectivity index is 3.14. The van der Waals surface area contributed by atoms with Crippen molar-refractivity contribution in [2.24, 2.45) is 0 Å². The van der Waals surface area contributed by atoms with Crippen LogP contribution in [0.2, 0.25) is 0 Å². The van der Waals surface area contributed by atoms with E-state index in [1.165, 1.54) is 33.4 Å². The van der Waals surface area contributed by atoms with Gasteiger partial charge in [0.25, 0.3) is 0 Å². The number of rotatable bonds is 2. The summed E-state index contributed by atoms with van der Waals surface area (Å²) in [6.45, 7) is 2.83. The summed E-state index contributed by atoms with van der Waals surface area (Å²) in [5.41, 5.74) is -1.29. The number of nitrogens with zero attached hydrogens (tertiary/aromatic N) is 2. The molecule has 3 nitrogen and oxygen atoms in total. The summed E-state index contributed by atoms with van der Waals surface area (Å²) in [7, 11) is 1.44. The van der Waals surface area contributed by atoms with E-state index >= 15 is 0 Å². The quantitative estimate of drug-likeness (QED) is 0.677. The van der Waals surface area contributed by atoms with E-state index in [4.69, 9.17) is 4.74 Å². The van der Waals surface area contributed by atoms with Gasteiger partial charge in [0.05, 0.1) is 7.11 Å². The summed E-state index contributed by atoms with van der Waals surface area (Å²) in [5.74, 6) is 0.241. The van der Waals surface area contributed by atoms with Gasteiger partial charge in [-0.1, -0.05) is 0 Å². The zero-order valence-corrected chi connectivity index (χ0v) is 7.34. The number of halogens is 1. The highest BCUT2D eigenvalue weighted by Gasteiger charge is 2.25. The second-order valence-electron chi connectivity index (χ2n) is 2.89. The first kappa shape index (κ1) is 8.90. The van der Waals surface area contributed by atoms with Crippen LogP contribution in [0.3, 0.4) is 0 Å². The molecule has 12 heavy (non-hydrogen) atoms. The van der Waals surface area contributed by atoms with Gasteiger partial charge >= 0.3 is 0 Å². The lowest BCUT2D eigenvalue weighted by Gasteiger charge is -2.14. The smallest absolute Gasteiger partial charge is 0.238 e. The Kier molecular flexibility index (Phi) is 2.26. The van der Waals surface area contributed by atoms with E-state index in [2.05, 4.69) is 9.97 Å².